The number of hydrogen-bond donors (Lipinski definition) is 0. The number of ether oxygens (including phenoxy) is 3. The molecular formula is C18H17NO4. The molecule has 0 aromatic heterocycles. The SMILES string of the molecule is COc1ccc2c(c1)N(C(=O)c1ccc3c(c1)OCO3)CCC2. The van der Waals surface area contributed by atoms with Crippen LogP contribution in [-0.4, -0.2) is 26.4 Å². The summed E-state index contributed by atoms with van der Waals surface area (Å²) in [7, 11) is 1.63. The minimum Gasteiger partial charge on any atom is -0.497 e. The molecule has 5 nitrogen and oxygen atoms in total. The van der Waals surface area contributed by atoms with Crippen LogP contribution < -0.4 is 19.1 Å². The third kappa shape index (κ3) is 2.38. The summed E-state index contributed by atoms with van der Waals surface area (Å²) in [6.07, 6.45) is 1.93. The summed E-state index contributed by atoms with van der Waals surface area (Å²) in [5.41, 5.74) is 2.70. The topological polar surface area (TPSA) is 48.0 Å². The number of carbonyl (C=O) groups is 1. The van der Waals surface area contributed by atoms with Crippen molar-refractivity contribution in [3.05, 3.63) is 47.5 Å². The van der Waals surface area contributed by atoms with E-state index >= 15 is 0 Å². The zero-order valence-electron chi connectivity index (χ0n) is 12.9. The predicted molar refractivity (Wildman–Crippen MR) is 85.6 cm³/mol. The third-order valence-electron chi connectivity index (χ3n) is 4.28. The van der Waals surface area contributed by atoms with Gasteiger partial charge >= 0.3 is 0 Å². The van der Waals surface area contributed by atoms with E-state index in [1.54, 1.807) is 25.3 Å². The summed E-state index contributed by atoms with van der Waals surface area (Å²) < 4.78 is 16.0. The number of benzene rings is 2. The fourth-order valence-electron chi connectivity index (χ4n) is 3.08. The lowest BCUT2D eigenvalue weighted by Gasteiger charge is -2.30. The molecule has 118 valence electrons. The van der Waals surface area contributed by atoms with Crippen molar-refractivity contribution in [2.24, 2.45) is 0 Å². The summed E-state index contributed by atoms with van der Waals surface area (Å²) >= 11 is 0. The fraction of sp³-hybridized carbons (Fsp3) is 0.278. The number of nitrogens with zero attached hydrogens (tertiary/aromatic N) is 1. The molecule has 0 unspecified atom stereocenters. The molecule has 2 aromatic carbocycles. The molecule has 2 heterocycles. The third-order valence-corrected chi connectivity index (χ3v) is 4.28. The summed E-state index contributed by atoms with van der Waals surface area (Å²) in [6.45, 7) is 0.907. The molecule has 0 saturated carbocycles. The van der Waals surface area contributed by atoms with Crippen molar-refractivity contribution in [1.82, 2.24) is 0 Å². The Balaban J connectivity index is 1.70. The molecule has 0 radical (unpaired) electrons. The van der Waals surface area contributed by atoms with E-state index in [2.05, 4.69) is 0 Å². The van der Waals surface area contributed by atoms with Crippen molar-refractivity contribution in [3.63, 3.8) is 0 Å². The van der Waals surface area contributed by atoms with Gasteiger partial charge in [-0.3, -0.25) is 4.79 Å². The van der Waals surface area contributed by atoms with Crippen LogP contribution in [-0.2, 0) is 6.42 Å². The van der Waals surface area contributed by atoms with Crippen molar-refractivity contribution in [1.29, 1.82) is 0 Å². The van der Waals surface area contributed by atoms with Crippen LogP contribution in [0, 0.1) is 0 Å². The Morgan fingerprint density at radius 1 is 1.13 bits per heavy atom. The number of amides is 1. The summed E-state index contributed by atoms with van der Waals surface area (Å²) in [4.78, 5) is 14.8. The van der Waals surface area contributed by atoms with Gasteiger partial charge in [-0.05, 0) is 42.7 Å². The first-order valence-electron chi connectivity index (χ1n) is 7.65. The van der Waals surface area contributed by atoms with Gasteiger partial charge in [0.1, 0.15) is 5.75 Å². The molecule has 4 rings (SSSR count). The van der Waals surface area contributed by atoms with E-state index in [0.29, 0.717) is 23.6 Å². The summed E-state index contributed by atoms with van der Waals surface area (Å²) in [6, 6.07) is 11.2. The van der Waals surface area contributed by atoms with Gasteiger partial charge in [0.2, 0.25) is 6.79 Å². The highest BCUT2D eigenvalue weighted by Crippen LogP contribution is 2.35. The molecule has 2 aromatic rings. The van der Waals surface area contributed by atoms with Crippen LogP contribution >= 0.6 is 0 Å². The van der Waals surface area contributed by atoms with Gasteiger partial charge in [0.25, 0.3) is 5.91 Å². The van der Waals surface area contributed by atoms with Crippen molar-refractivity contribution in [3.8, 4) is 17.2 Å². The van der Waals surface area contributed by atoms with E-state index in [1.165, 1.54) is 5.56 Å². The fourth-order valence-corrected chi connectivity index (χ4v) is 3.08. The van der Waals surface area contributed by atoms with E-state index in [-0.39, 0.29) is 12.7 Å². The number of aryl methyl sites for hydroxylation is 1. The molecular weight excluding hydrogens is 294 g/mol. The lowest BCUT2D eigenvalue weighted by molar-refractivity contribution is 0.0984. The second-order valence-electron chi connectivity index (χ2n) is 5.62. The lowest BCUT2D eigenvalue weighted by atomic mass is 10.0. The Labute approximate surface area is 134 Å². The van der Waals surface area contributed by atoms with Gasteiger partial charge in [0, 0.05) is 18.2 Å². The molecule has 0 atom stereocenters. The molecule has 0 N–H and O–H groups in total. The molecule has 1 amide bonds. The Morgan fingerprint density at radius 2 is 2.00 bits per heavy atom. The van der Waals surface area contributed by atoms with Gasteiger partial charge in [-0.15, -0.1) is 0 Å². The normalized spacial score (nSPS) is 15.3. The number of rotatable bonds is 2. The second-order valence-corrected chi connectivity index (χ2v) is 5.62. The Kier molecular flexibility index (Phi) is 3.33. The average molecular weight is 311 g/mol. The van der Waals surface area contributed by atoms with Gasteiger partial charge in [0.15, 0.2) is 11.5 Å². The van der Waals surface area contributed by atoms with Crippen LogP contribution in [0.25, 0.3) is 0 Å². The lowest BCUT2D eigenvalue weighted by Crippen LogP contribution is -2.35. The van der Waals surface area contributed by atoms with Crippen molar-refractivity contribution >= 4 is 11.6 Å². The Morgan fingerprint density at radius 3 is 2.87 bits per heavy atom. The maximum absolute atomic E-state index is 13.0. The van der Waals surface area contributed by atoms with Gasteiger partial charge in [-0.2, -0.15) is 0 Å². The number of anilines is 1. The van der Waals surface area contributed by atoms with Crippen LogP contribution in [0.4, 0.5) is 5.69 Å². The molecule has 23 heavy (non-hydrogen) atoms. The smallest absolute Gasteiger partial charge is 0.258 e. The van der Waals surface area contributed by atoms with Crippen LogP contribution in [0.5, 0.6) is 17.2 Å². The molecule has 2 aliphatic heterocycles. The van der Waals surface area contributed by atoms with E-state index in [9.17, 15) is 4.79 Å². The van der Waals surface area contributed by atoms with E-state index in [1.807, 2.05) is 23.1 Å². The van der Waals surface area contributed by atoms with Crippen LogP contribution in [0.15, 0.2) is 36.4 Å². The van der Waals surface area contributed by atoms with Crippen molar-refractivity contribution < 1.29 is 19.0 Å². The summed E-state index contributed by atoms with van der Waals surface area (Å²) in [5, 5.41) is 0. The van der Waals surface area contributed by atoms with Gasteiger partial charge in [0.05, 0.1) is 12.8 Å². The molecule has 2 aliphatic rings. The number of methoxy groups -OCH3 is 1. The standard InChI is InChI=1S/C18H17NO4/c1-21-14-6-4-12-3-2-8-19(15(12)10-14)18(20)13-5-7-16-17(9-13)23-11-22-16/h4-7,9-10H,2-3,8,11H2,1H3. The van der Waals surface area contributed by atoms with Crippen LogP contribution in [0.2, 0.25) is 0 Å². The first-order chi connectivity index (χ1) is 11.3. The molecule has 0 aliphatic carbocycles. The number of carbonyl (C=O) groups excluding carboxylic acids is 1. The molecule has 0 spiro atoms. The highest BCUT2D eigenvalue weighted by Gasteiger charge is 2.25. The van der Waals surface area contributed by atoms with Crippen LogP contribution in [0.3, 0.4) is 0 Å². The first kappa shape index (κ1) is 13.9. The summed E-state index contributed by atoms with van der Waals surface area (Å²) in [5.74, 6) is 2.03. The first-order valence-corrected chi connectivity index (χ1v) is 7.65. The van der Waals surface area contributed by atoms with Gasteiger partial charge in [-0.25, -0.2) is 0 Å². The maximum atomic E-state index is 13.0. The second kappa shape index (κ2) is 5.50. The highest BCUT2D eigenvalue weighted by molar-refractivity contribution is 6.07. The largest absolute Gasteiger partial charge is 0.497 e. The molecule has 5 heteroatoms. The minimum absolute atomic E-state index is 0.0301. The molecule has 0 saturated heterocycles. The maximum Gasteiger partial charge on any atom is 0.258 e. The predicted octanol–water partition coefficient (Wildman–Crippen LogP) is 3.02. The average Bonchev–Trinajstić information content (AvgIpc) is 3.07. The van der Waals surface area contributed by atoms with E-state index < -0.39 is 0 Å². The minimum atomic E-state index is -0.0301. The highest BCUT2D eigenvalue weighted by atomic mass is 16.7. The van der Waals surface area contributed by atoms with Crippen molar-refractivity contribution in [2.45, 2.75) is 12.8 Å². The quantitative estimate of drug-likeness (QED) is 0.855. The van der Waals surface area contributed by atoms with Crippen molar-refractivity contribution in [2.75, 3.05) is 25.3 Å². The zero-order chi connectivity index (χ0) is 15.8. The van der Waals surface area contributed by atoms with E-state index in [0.717, 1.165) is 24.3 Å². The number of hydrogen-bond acceptors (Lipinski definition) is 4. The molecule has 0 fully saturated rings. The Hall–Kier alpha value is -2.69. The monoisotopic (exact) mass is 311 g/mol. The van der Waals surface area contributed by atoms with Crippen LogP contribution in [0.1, 0.15) is 22.3 Å². The van der Waals surface area contributed by atoms with Gasteiger partial charge in [-0.1, -0.05) is 6.07 Å². The zero-order valence-corrected chi connectivity index (χ0v) is 12.9. The number of fused-ring (bicyclic) bond motifs is 2. The van der Waals surface area contributed by atoms with Gasteiger partial charge < -0.3 is 19.1 Å². The Bertz CT molecular complexity index is 772. The van der Waals surface area contributed by atoms with E-state index in [4.69, 9.17) is 14.2 Å². The molecule has 0 bridgehead atoms.